The standard InChI is InChI=1S/C17H21N3O2/c1-13(21)17(22)19-10-8-16-15(11-19)18-12-20(16)9-7-14-5-3-2-4-6-14/h2-6,12-13,21H,7-11H2,1H3/t13-/m0/s1. The van der Waals surface area contributed by atoms with Crippen molar-refractivity contribution in [3.63, 3.8) is 0 Å². The fraction of sp³-hybridized carbons (Fsp3) is 0.412. The fourth-order valence-corrected chi connectivity index (χ4v) is 2.91. The van der Waals surface area contributed by atoms with Gasteiger partial charge in [0.05, 0.1) is 18.6 Å². The Morgan fingerprint density at radius 1 is 1.36 bits per heavy atom. The lowest BCUT2D eigenvalue weighted by Crippen LogP contribution is -2.41. The molecular formula is C17H21N3O2. The number of aliphatic hydroxyl groups excluding tert-OH is 1. The van der Waals surface area contributed by atoms with Gasteiger partial charge in [-0.1, -0.05) is 30.3 Å². The van der Waals surface area contributed by atoms with E-state index in [1.54, 1.807) is 4.90 Å². The number of carbonyl (C=O) groups excluding carboxylic acids is 1. The third-order valence-corrected chi connectivity index (χ3v) is 4.15. The normalized spacial score (nSPS) is 15.5. The van der Waals surface area contributed by atoms with E-state index >= 15 is 0 Å². The summed E-state index contributed by atoms with van der Waals surface area (Å²) in [5, 5.41) is 9.42. The molecule has 1 aromatic heterocycles. The zero-order valence-corrected chi connectivity index (χ0v) is 12.8. The van der Waals surface area contributed by atoms with E-state index < -0.39 is 6.10 Å². The number of rotatable bonds is 4. The van der Waals surface area contributed by atoms with Crippen molar-refractivity contribution in [3.05, 3.63) is 53.6 Å². The first kappa shape index (κ1) is 14.8. The number of benzene rings is 1. The Morgan fingerprint density at radius 2 is 2.14 bits per heavy atom. The fourth-order valence-electron chi connectivity index (χ4n) is 2.91. The Hall–Kier alpha value is -2.14. The van der Waals surface area contributed by atoms with Crippen LogP contribution in [0.4, 0.5) is 0 Å². The van der Waals surface area contributed by atoms with Crippen LogP contribution in [0.5, 0.6) is 0 Å². The molecule has 1 aromatic carbocycles. The minimum absolute atomic E-state index is 0.218. The minimum Gasteiger partial charge on any atom is -0.384 e. The van der Waals surface area contributed by atoms with Crippen molar-refractivity contribution in [1.82, 2.24) is 14.5 Å². The van der Waals surface area contributed by atoms with Gasteiger partial charge in [-0.05, 0) is 18.9 Å². The molecule has 0 radical (unpaired) electrons. The molecule has 3 rings (SSSR count). The predicted octanol–water partition coefficient (Wildman–Crippen LogP) is 1.39. The van der Waals surface area contributed by atoms with Gasteiger partial charge in [0.2, 0.25) is 0 Å². The molecule has 1 atom stereocenters. The van der Waals surface area contributed by atoms with Gasteiger partial charge in [0.15, 0.2) is 0 Å². The van der Waals surface area contributed by atoms with E-state index in [0.29, 0.717) is 13.1 Å². The van der Waals surface area contributed by atoms with Crippen molar-refractivity contribution < 1.29 is 9.90 Å². The van der Waals surface area contributed by atoms with Crippen molar-refractivity contribution in [2.75, 3.05) is 6.54 Å². The predicted molar refractivity (Wildman–Crippen MR) is 83.2 cm³/mol. The van der Waals surface area contributed by atoms with E-state index in [1.165, 1.54) is 18.2 Å². The lowest BCUT2D eigenvalue weighted by atomic mass is 10.1. The van der Waals surface area contributed by atoms with Crippen LogP contribution in [0.25, 0.3) is 0 Å². The third-order valence-electron chi connectivity index (χ3n) is 4.15. The second kappa shape index (κ2) is 6.32. The largest absolute Gasteiger partial charge is 0.384 e. The van der Waals surface area contributed by atoms with Gasteiger partial charge in [-0.15, -0.1) is 0 Å². The van der Waals surface area contributed by atoms with Gasteiger partial charge in [-0.3, -0.25) is 4.79 Å². The Bertz CT molecular complexity index is 649. The summed E-state index contributed by atoms with van der Waals surface area (Å²) < 4.78 is 2.19. The summed E-state index contributed by atoms with van der Waals surface area (Å²) in [4.78, 5) is 18.0. The van der Waals surface area contributed by atoms with Crippen LogP contribution in [-0.4, -0.2) is 38.1 Å². The number of hydrogen-bond acceptors (Lipinski definition) is 3. The van der Waals surface area contributed by atoms with Crippen LogP contribution in [0.2, 0.25) is 0 Å². The number of aromatic nitrogens is 2. The number of hydrogen-bond donors (Lipinski definition) is 1. The molecule has 0 unspecified atom stereocenters. The molecule has 2 heterocycles. The average molecular weight is 299 g/mol. The summed E-state index contributed by atoms with van der Waals surface area (Å²) in [6.45, 7) is 3.55. The molecule has 0 saturated carbocycles. The lowest BCUT2D eigenvalue weighted by molar-refractivity contribution is -0.140. The molecule has 0 aliphatic carbocycles. The Morgan fingerprint density at radius 3 is 2.86 bits per heavy atom. The molecular weight excluding hydrogens is 278 g/mol. The van der Waals surface area contributed by atoms with E-state index in [1.807, 2.05) is 12.4 Å². The number of aliphatic hydroxyl groups is 1. The van der Waals surface area contributed by atoms with Crippen LogP contribution >= 0.6 is 0 Å². The monoisotopic (exact) mass is 299 g/mol. The summed E-state index contributed by atoms with van der Waals surface area (Å²) in [6.07, 6.45) is 2.69. The number of imidazole rings is 1. The van der Waals surface area contributed by atoms with Gasteiger partial charge in [-0.25, -0.2) is 4.98 Å². The topological polar surface area (TPSA) is 58.4 Å². The zero-order chi connectivity index (χ0) is 15.5. The Balaban J connectivity index is 1.67. The third kappa shape index (κ3) is 3.04. The number of amides is 1. The summed E-state index contributed by atoms with van der Waals surface area (Å²) in [7, 11) is 0. The van der Waals surface area contributed by atoms with E-state index in [0.717, 1.165) is 25.1 Å². The highest BCUT2D eigenvalue weighted by molar-refractivity contribution is 5.80. The lowest BCUT2D eigenvalue weighted by Gasteiger charge is -2.28. The summed E-state index contributed by atoms with van der Waals surface area (Å²) >= 11 is 0. The highest BCUT2D eigenvalue weighted by atomic mass is 16.3. The molecule has 0 spiro atoms. The van der Waals surface area contributed by atoms with Crippen LogP contribution in [0.3, 0.4) is 0 Å². The molecule has 0 saturated heterocycles. The maximum atomic E-state index is 11.9. The van der Waals surface area contributed by atoms with Gasteiger partial charge < -0.3 is 14.6 Å². The van der Waals surface area contributed by atoms with Gasteiger partial charge >= 0.3 is 0 Å². The molecule has 0 fully saturated rings. The Kier molecular flexibility index (Phi) is 4.24. The van der Waals surface area contributed by atoms with Crippen LogP contribution in [-0.2, 0) is 30.7 Å². The second-order valence-electron chi connectivity index (χ2n) is 5.75. The van der Waals surface area contributed by atoms with Gasteiger partial charge in [0.1, 0.15) is 6.10 Å². The van der Waals surface area contributed by atoms with Crippen molar-refractivity contribution in [2.24, 2.45) is 0 Å². The van der Waals surface area contributed by atoms with E-state index in [4.69, 9.17) is 0 Å². The van der Waals surface area contributed by atoms with Crippen LogP contribution < -0.4 is 0 Å². The maximum Gasteiger partial charge on any atom is 0.251 e. The number of nitrogens with zero attached hydrogens (tertiary/aromatic N) is 3. The molecule has 1 aliphatic heterocycles. The summed E-state index contributed by atoms with van der Waals surface area (Å²) in [6, 6.07) is 10.4. The molecule has 5 nitrogen and oxygen atoms in total. The molecule has 2 aromatic rings. The first-order valence-corrected chi connectivity index (χ1v) is 7.69. The summed E-state index contributed by atoms with van der Waals surface area (Å²) in [5.74, 6) is -0.218. The second-order valence-corrected chi connectivity index (χ2v) is 5.75. The number of fused-ring (bicyclic) bond motifs is 1. The van der Waals surface area contributed by atoms with Gasteiger partial charge in [0, 0.05) is 25.2 Å². The SMILES string of the molecule is C[C@H](O)C(=O)N1CCc2c(ncn2CCc2ccccc2)C1. The molecule has 1 N–H and O–H groups in total. The van der Waals surface area contributed by atoms with Crippen molar-refractivity contribution in [2.45, 2.75) is 39.0 Å². The molecule has 1 aliphatic rings. The van der Waals surface area contributed by atoms with Gasteiger partial charge in [0.25, 0.3) is 5.91 Å². The molecule has 0 bridgehead atoms. The molecule has 116 valence electrons. The Labute approximate surface area is 130 Å². The molecule has 1 amide bonds. The van der Waals surface area contributed by atoms with Crippen LogP contribution in [0.1, 0.15) is 23.9 Å². The van der Waals surface area contributed by atoms with Crippen molar-refractivity contribution in [1.29, 1.82) is 0 Å². The van der Waals surface area contributed by atoms with E-state index in [-0.39, 0.29) is 5.91 Å². The summed E-state index contributed by atoms with van der Waals surface area (Å²) in [5.41, 5.74) is 3.48. The van der Waals surface area contributed by atoms with Gasteiger partial charge in [-0.2, -0.15) is 0 Å². The van der Waals surface area contributed by atoms with Crippen molar-refractivity contribution >= 4 is 5.91 Å². The highest BCUT2D eigenvalue weighted by Gasteiger charge is 2.26. The average Bonchev–Trinajstić information content (AvgIpc) is 2.95. The minimum atomic E-state index is -0.943. The quantitative estimate of drug-likeness (QED) is 0.928. The first-order valence-electron chi connectivity index (χ1n) is 7.69. The number of aryl methyl sites for hydroxylation is 2. The first-order chi connectivity index (χ1) is 10.6. The number of carbonyl (C=O) groups is 1. The zero-order valence-electron chi connectivity index (χ0n) is 12.8. The van der Waals surface area contributed by atoms with E-state index in [2.05, 4.69) is 33.8 Å². The molecule has 5 heteroatoms. The van der Waals surface area contributed by atoms with Crippen LogP contribution in [0.15, 0.2) is 36.7 Å². The van der Waals surface area contributed by atoms with Crippen LogP contribution in [0, 0.1) is 0 Å². The highest BCUT2D eigenvalue weighted by Crippen LogP contribution is 2.19. The smallest absolute Gasteiger partial charge is 0.251 e. The molecule has 22 heavy (non-hydrogen) atoms. The van der Waals surface area contributed by atoms with Crippen molar-refractivity contribution in [3.8, 4) is 0 Å². The maximum absolute atomic E-state index is 11.9. The van der Waals surface area contributed by atoms with E-state index in [9.17, 15) is 9.90 Å².